The first-order valence-electron chi connectivity index (χ1n) is 10.6. The maximum atomic E-state index is 13.3. The molecule has 0 aromatic heterocycles. The minimum absolute atomic E-state index is 0.0265. The number of carbonyl (C=O) groups is 2. The normalized spacial score (nSPS) is 23.6. The topological polar surface area (TPSA) is 148 Å². The van der Waals surface area contributed by atoms with Crippen LogP contribution in [0.1, 0.15) is 18.4 Å². The fourth-order valence-corrected chi connectivity index (χ4v) is 4.83. The van der Waals surface area contributed by atoms with Crippen molar-refractivity contribution < 1.29 is 28.5 Å². The largest absolute Gasteiger partial charge is 0.493 e. The van der Waals surface area contributed by atoms with Crippen LogP contribution in [0.2, 0.25) is 0 Å². The highest BCUT2D eigenvalue weighted by Gasteiger charge is 2.60. The highest BCUT2D eigenvalue weighted by atomic mass is 16.6. The van der Waals surface area contributed by atoms with E-state index in [9.17, 15) is 20.1 Å². The smallest absolute Gasteiger partial charge is 0.410 e. The minimum atomic E-state index is -2.06. The highest BCUT2D eigenvalue weighted by Crippen LogP contribution is 2.57. The van der Waals surface area contributed by atoms with Crippen molar-refractivity contribution in [1.29, 1.82) is 10.5 Å². The summed E-state index contributed by atoms with van der Waals surface area (Å²) in [6, 6.07) is 9.19. The Hall–Kier alpha value is -4.18. The molecule has 3 unspecified atom stereocenters. The number of hydrogen-bond donors (Lipinski definition) is 1. The Morgan fingerprint density at radius 2 is 1.97 bits per heavy atom. The van der Waals surface area contributed by atoms with Crippen LogP contribution in [0.25, 0.3) is 0 Å². The molecule has 0 fully saturated rings. The van der Waals surface area contributed by atoms with E-state index in [2.05, 4.69) is 12.1 Å². The maximum Gasteiger partial charge on any atom is 0.410 e. The number of hydrogen-bond acceptors (Lipinski definition) is 9. The molecule has 10 nitrogen and oxygen atoms in total. The first kappa shape index (κ1) is 24.5. The van der Waals surface area contributed by atoms with Crippen molar-refractivity contribution in [3.8, 4) is 23.6 Å². The fraction of sp³-hybridized carbons (Fsp3) is 0.417. The third-order valence-corrected chi connectivity index (χ3v) is 6.29. The summed E-state index contributed by atoms with van der Waals surface area (Å²) in [6.45, 7) is 2.14. The summed E-state index contributed by atoms with van der Waals surface area (Å²) in [5.41, 5.74) is 5.18. The number of rotatable bonds is 5. The van der Waals surface area contributed by atoms with Crippen molar-refractivity contribution in [1.82, 2.24) is 4.90 Å². The van der Waals surface area contributed by atoms with Gasteiger partial charge in [0, 0.05) is 30.5 Å². The van der Waals surface area contributed by atoms with Crippen LogP contribution < -0.4 is 15.2 Å². The number of nitriles is 2. The molecule has 34 heavy (non-hydrogen) atoms. The average molecular weight is 466 g/mol. The average Bonchev–Trinajstić information content (AvgIpc) is 2.86. The number of allylic oxidation sites excluding steroid dienone is 1. The lowest BCUT2D eigenvalue weighted by Crippen LogP contribution is -2.53. The van der Waals surface area contributed by atoms with Gasteiger partial charge in [0.25, 0.3) is 0 Å². The van der Waals surface area contributed by atoms with E-state index in [1.54, 1.807) is 31.2 Å². The molecule has 2 aliphatic rings. The quantitative estimate of drug-likeness (QED) is 0.645. The van der Waals surface area contributed by atoms with Crippen LogP contribution in [0, 0.1) is 34.0 Å². The number of fused-ring (bicyclic) bond motifs is 1. The van der Waals surface area contributed by atoms with Gasteiger partial charge in [-0.05, 0) is 18.6 Å². The Morgan fingerprint density at radius 3 is 2.53 bits per heavy atom. The molecule has 0 bridgehead atoms. The molecule has 3 rings (SSSR count). The summed E-state index contributed by atoms with van der Waals surface area (Å²) in [4.78, 5) is 27.3. The van der Waals surface area contributed by atoms with Crippen LogP contribution in [-0.2, 0) is 14.3 Å². The molecule has 1 aliphatic carbocycles. The Kier molecular flexibility index (Phi) is 7.02. The van der Waals surface area contributed by atoms with Gasteiger partial charge in [-0.2, -0.15) is 10.5 Å². The SMILES string of the molecule is CCOC(=O)N1CC=C2C(C#N)=C(N)C(C#N)(C(=O)OC)C(c3cccc(OC)c3OC)C2C1. The number of amides is 1. The van der Waals surface area contributed by atoms with Gasteiger partial charge in [0.2, 0.25) is 5.41 Å². The lowest BCUT2D eigenvalue weighted by molar-refractivity contribution is -0.149. The van der Waals surface area contributed by atoms with Gasteiger partial charge in [-0.1, -0.05) is 18.2 Å². The number of benzene rings is 1. The van der Waals surface area contributed by atoms with Crippen LogP contribution in [0.3, 0.4) is 0 Å². The predicted octanol–water partition coefficient (Wildman–Crippen LogP) is 2.24. The summed E-state index contributed by atoms with van der Waals surface area (Å²) in [5, 5.41) is 20.4. The molecule has 0 saturated carbocycles. The molecule has 1 aromatic carbocycles. The summed E-state index contributed by atoms with van der Waals surface area (Å²) in [6.07, 6.45) is 1.16. The number of ether oxygens (including phenoxy) is 4. The van der Waals surface area contributed by atoms with Gasteiger partial charge >= 0.3 is 12.1 Å². The van der Waals surface area contributed by atoms with Crippen molar-refractivity contribution in [2.75, 3.05) is 41.0 Å². The van der Waals surface area contributed by atoms with Gasteiger partial charge < -0.3 is 29.6 Å². The van der Waals surface area contributed by atoms with Crippen molar-refractivity contribution in [2.24, 2.45) is 17.1 Å². The zero-order valence-corrected chi connectivity index (χ0v) is 19.5. The standard InChI is InChI=1S/C24H26N4O6/c1-5-34-23(30)28-10-9-14-16(11-25)21(27)24(13-26,22(29)33-4)19(17(14)12-28)15-7-6-8-18(31-2)20(15)32-3/h6-9,17,19H,5,10,12,27H2,1-4H3. The molecule has 0 radical (unpaired) electrons. The molecule has 1 aromatic rings. The first-order chi connectivity index (χ1) is 16.4. The van der Waals surface area contributed by atoms with Crippen molar-refractivity contribution in [3.05, 3.63) is 46.7 Å². The maximum absolute atomic E-state index is 13.3. The van der Waals surface area contributed by atoms with Crippen LogP contribution in [0.15, 0.2) is 41.1 Å². The van der Waals surface area contributed by atoms with Crippen molar-refractivity contribution >= 4 is 12.1 Å². The van der Waals surface area contributed by atoms with E-state index in [1.165, 1.54) is 19.1 Å². The van der Waals surface area contributed by atoms with Crippen molar-refractivity contribution in [2.45, 2.75) is 12.8 Å². The number of carbonyl (C=O) groups excluding carboxylic acids is 2. The number of nitrogens with two attached hydrogens (primary N) is 1. The van der Waals surface area contributed by atoms with Crippen LogP contribution in [-0.4, -0.2) is 58.0 Å². The molecular formula is C24H26N4O6. The third-order valence-electron chi connectivity index (χ3n) is 6.29. The molecule has 3 atom stereocenters. The van der Waals surface area contributed by atoms with Crippen LogP contribution in [0.5, 0.6) is 11.5 Å². The van der Waals surface area contributed by atoms with Crippen molar-refractivity contribution in [3.63, 3.8) is 0 Å². The number of nitrogens with zero attached hydrogens (tertiary/aromatic N) is 3. The second-order valence-corrected chi connectivity index (χ2v) is 7.74. The molecular weight excluding hydrogens is 440 g/mol. The van der Waals surface area contributed by atoms with E-state index in [4.69, 9.17) is 24.7 Å². The lowest BCUT2D eigenvalue weighted by Gasteiger charge is -2.46. The van der Waals surface area contributed by atoms with Gasteiger partial charge in [0.15, 0.2) is 11.5 Å². The zero-order chi connectivity index (χ0) is 25.0. The van der Waals surface area contributed by atoms with Crippen LogP contribution in [0.4, 0.5) is 4.79 Å². The van der Waals surface area contributed by atoms with Crippen LogP contribution >= 0.6 is 0 Å². The Balaban J connectivity index is 2.38. The van der Waals surface area contributed by atoms with E-state index in [1.807, 2.05) is 0 Å². The van der Waals surface area contributed by atoms with Gasteiger partial charge in [-0.25, -0.2) is 9.59 Å². The van der Waals surface area contributed by atoms with E-state index >= 15 is 0 Å². The zero-order valence-electron chi connectivity index (χ0n) is 19.5. The van der Waals surface area contributed by atoms with Gasteiger partial charge in [-0.15, -0.1) is 0 Å². The van der Waals surface area contributed by atoms with E-state index in [0.717, 1.165) is 7.11 Å². The number of esters is 1. The summed E-state index contributed by atoms with van der Waals surface area (Å²) in [7, 11) is 4.06. The highest BCUT2D eigenvalue weighted by molar-refractivity contribution is 5.88. The number of methoxy groups -OCH3 is 3. The molecule has 2 N–H and O–H groups in total. The summed E-state index contributed by atoms with van der Waals surface area (Å²) in [5.74, 6) is -1.86. The molecule has 0 saturated heterocycles. The fourth-order valence-electron chi connectivity index (χ4n) is 4.83. The number of para-hydroxylation sites is 1. The second kappa shape index (κ2) is 9.75. The molecule has 0 spiro atoms. The molecule has 1 aliphatic heterocycles. The Bertz CT molecular complexity index is 1150. The van der Waals surface area contributed by atoms with E-state index < -0.39 is 29.3 Å². The Labute approximate surface area is 197 Å². The third kappa shape index (κ3) is 3.57. The first-order valence-corrected chi connectivity index (χ1v) is 10.6. The second-order valence-electron chi connectivity index (χ2n) is 7.74. The Morgan fingerprint density at radius 1 is 1.24 bits per heavy atom. The molecule has 1 amide bonds. The minimum Gasteiger partial charge on any atom is -0.493 e. The summed E-state index contributed by atoms with van der Waals surface area (Å²) >= 11 is 0. The summed E-state index contributed by atoms with van der Waals surface area (Å²) < 4.78 is 21.3. The molecule has 10 heteroatoms. The predicted molar refractivity (Wildman–Crippen MR) is 119 cm³/mol. The monoisotopic (exact) mass is 466 g/mol. The molecule has 1 heterocycles. The van der Waals surface area contributed by atoms with Gasteiger partial charge in [-0.3, -0.25) is 0 Å². The lowest BCUT2D eigenvalue weighted by atomic mass is 9.57. The van der Waals surface area contributed by atoms with Gasteiger partial charge in [0.05, 0.1) is 45.3 Å². The van der Waals surface area contributed by atoms with E-state index in [-0.39, 0.29) is 31.0 Å². The van der Waals surface area contributed by atoms with E-state index in [0.29, 0.717) is 22.6 Å². The van der Waals surface area contributed by atoms with Gasteiger partial charge in [0.1, 0.15) is 6.07 Å². The molecule has 178 valence electrons.